The summed E-state index contributed by atoms with van der Waals surface area (Å²) in [4.78, 5) is 30.5. The number of hydrogen-bond acceptors (Lipinski definition) is 5. The van der Waals surface area contributed by atoms with E-state index in [2.05, 4.69) is 5.32 Å². The van der Waals surface area contributed by atoms with Crippen LogP contribution in [-0.2, 0) is 32.6 Å². The Labute approximate surface area is 295 Å². The maximum Gasteiger partial charge on any atom is 0.264 e. The highest BCUT2D eigenvalue weighted by molar-refractivity contribution is 7.92. The molecule has 1 N–H and O–H groups in total. The summed E-state index contributed by atoms with van der Waals surface area (Å²) in [7, 11) is -4.21. The fraction of sp³-hybridized carbons (Fsp3) is 0.333. The Morgan fingerprint density at radius 3 is 2.20 bits per heavy atom. The molecule has 8 nitrogen and oxygen atoms in total. The minimum Gasteiger partial charge on any atom is -0.494 e. The van der Waals surface area contributed by atoms with E-state index in [1.165, 1.54) is 17.0 Å². The van der Waals surface area contributed by atoms with Crippen molar-refractivity contribution in [3.8, 4) is 5.75 Å². The molecule has 4 aromatic carbocycles. The van der Waals surface area contributed by atoms with Gasteiger partial charge in [-0.25, -0.2) is 8.42 Å². The van der Waals surface area contributed by atoms with Crippen LogP contribution in [0, 0.1) is 6.92 Å². The predicted molar refractivity (Wildman–Crippen MR) is 194 cm³/mol. The zero-order chi connectivity index (χ0) is 34.8. The summed E-state index contributed by atoms with van der Waals surface area (Å²) in [5.41, 5.74) is 2.80. The summed E-state index contributed by atoms with van der Waals surface area (Å²) in [6.45, 7) is 3.71. The Balaban J connectivity index is 1.56. The van der Waals surface area contributed by atoms with E-state index in [-0.39, 0.29) is 29.8 Å². The first-order chi connectivity index (χ1) is 23.6. The molecule has 0 bridgehead atoms. The maximum atomic E-state index is 14.7. The normalized spacial score (nSPS) is 14.1. The molecule has 0 aromatic heterocycles. The quantitative estimate of drug-likeness (QED) is 0.149. The average Bonchev–Trinajstić information content (AvgIpc) is 3.10. The van der Waals surface area contributed by atoms with Gasteiger partial charge in [0, 0.05) is 24.0 Å². The zero-order valence-electron chi connectivity index (χ0n) is 28.1. The molecule has 1 atom stereocenters. The number of nitrogens with zero attached hydrogens (tertiary/aromatic N) is 2. The molecule has 0 heterocycles. The first kappa shape index (κ1) is 36.0. The van der Waals surface area contributed by atoms with E-state index in [0.29, 0.717) is 23.1 Å². The second-order valence-electron chi connectivity index (χ2n) is 12.5. The topological polar surface area (TPSA) is 96.0 Å². The van der Waals surface area contributed by atoms with Crippen LogP contribution in [0.3, 0.4) is 0 Å². The molecule has 2 amide bonds. The van der Waals surface area contributed by atoms with Gasteiger partial charge in [0.1, 0.15) is 18.3 Å². The maximum absolute atomic E-state index is 14.7. The third-order valence-corrected chi connectivity index (χ3v) is 10.8. The second kappa shape index (κ2) is 16.9. The summed E-state index contributed by atoms with van der Waals surface area (Å²) in [5, 5.41) is 3.73. The molecule has 258 valence electrons. The number of nitrogens with one attached hydrogen (secondary N) is 1. The third-order valence-electron chi connectivity index (χ3n) is 8.79. The van der Waals surface area contributed by atoms with Crippen LogP contribution in [0.5, 0.6) is 5.75 Å². The Bertz CT molecular complexity index is 1790. The van der Waals surface area contributed by atoms with E-state index in [1.54, 1.807) is 54.6 Å². The van der Waals surface area contributed by atoms with Crippen molar-refractivity contribution >= 4 is 39.1 Å². The molecular formula is C39H44ClN3O5S. The lowest BCUT2D eigenvalue weighted by Crippen LogP contribution is -2.55. The van der Waals surface area contributed by atoms with Crippen LogP contribution in [-0.4, -0.2) is 50.4 Å². The van der Waals surface area contributed by atoms with Crippen LogP contribution in [0.2, 0.25) is 5.02 Å². The molecule has 1 aliphatic carbocycles. The van der Waals surface area contributed by atoms with Gasteiger partial charge in [0.2, 0.25) is 11.8 Å². The summed E-state index contributed by atoms with van der Waals surface area (Å²) in [5.74, 6) is -0.209. The first-order valence-electron chi connectivity index (χ1n) is 16.8. The van der Waals surface area contributed by atoms with E-state index in [9.17, 15) is 18.0 Å². The Kier molecular flexibility index (Phi) is 12.4. The van der Waals surface area contributed by atoms with Crippen LogP contribution in [0.1, 0.15) is 55.7 Å². The molecule has 0 radical (unpaired) electrons. The Morgan fingerprint density at radius 2 is 1.55 bits per heavy atom. The van der Waals surface area contributed by atoms with Gasteiger partial charge in [-0.15, -0.1) is 0 Å². The summed E-state index contributed by atoms with van der Waals surface area (Å²) < 4.78 is 35.3. The van der Waals surface area contributed by atoms with E-state index in [1.807, 2.05) is 50.2 Å². The molecule has 1 aliphatic rings. The first-order valence-corrected chi connectivity index (χ1v) is 18.7. The lowest BCUT2D eigenvalue weighted by Gasteiger charge is -2.35. The van der Waals surface area contributed by atoms with Crippen LogP contribution in [0.15, 0.2) is 108 Å². The van der Waals surface area contributed by atoms with Crippen molar-refractivity contribution < 1.29 is 22.7 Å². The molecule has 1 saturated carbocycles. The second-order valence-corrected chi connectivity index (χ2v) is 14.8. The summed E-state index contributed by atoms with van der Waals surface area (Å²) in [6, 6.07) is 28.9. The molecular weight excluding hydrogens is 658 g/mol. The van der Waals surface area contributed by atoms with Crippen molar-refractivity contribution in [1.29, 1.82) is 0 Å². The van der Waals surface area contributed by atoms with E-state index in [0.717, 1.165) is 53.1 Å². The van der Waals surface area contributed by atoms with Gasteiger partial charge in [-0.3, -0.25) is 13.9 Å². The highest BCUT2D eigenvalue weighted by Gasteiger charge is 2.35. The van der Waals surface area contributed by atoms with E-state index in [4.69, 9.17) is 16.3 Å². The predicted octanol–water partition coefficient (Wildman–Crippen LogP) is 7.33. The third kappa shape index (κ3) is 9.64. The van der Waals surface area contributed by atoms with Gasteiger partial charge >= 0.3 is 0 Å². The molecule has 1 fully saturated rings. The fourth-order valence-electron chi connectivity index (χ4n) is 6.17. The molecule has 49 heavy (non-hydrogen) atoms. The Morgan fingerprint density at radius 1 is 0.878 bits per heavy atom. The van der Waals surface area contributed by atoms with Crippen molar-refractivity contribution in [2.45, 2.75) is 75.9 Å². The molecule has 0 spiro atoms. The molecule has 5 rings (SSSR count). The number of rotatable bonds is 14. The van der Waals surface area contributed by atoms with Crippen LogP contribution < -0.4 is 14.4 Å². The van der Waals surface area contributed by atoms with Crippen LogP contribution in [0.4, 0.5) is 5.69 Å². The van der Waals surface area contributed by atoms with E-state index < -0.39 is 28.5 Å². The number of benzene rings is 4. The number of hydrogen-bond donors (Lipinski definition) is 1. The number of ether oxygens (including phenoxy) is 1. The van der Waals surface area contributed by atoms with Crippen molar-refractivity contribution in [1.82, 2.24) is 10.2 Å². The highest BCUT2D eigenvalue weighted by atomic mass is 35.5. The lowest BCUT2D eigenvalue weighted by atomic mass is 9.94. The number of carbonyl (C=O) groups excluding carboxylic acids is 2. The van der Waals surface area contributed by atoms with Gasteiger partial charge in [-0.2, -0.15) is 0 Å². The van der Waals surface area contributed by atoms with Gasteiger partial charge in [0.05, 0.1) is 17.2 Å². The molecule has 0 unspecified atom stereocenters. The number of aryl methyl sites for hydroxylation is 1. The number of anilines is 1. The van der Waals surface area contributed by atoms with Crippen LogP contribution >= 0.6 is 11.6 Å². The van der Waals surface area contributed by atoms with Crippen LogP contribution in [0.25, 0.3) is 0 Å². The van der Waals surface area contributed by atoms with Crippen molar-refractivity contribution in [2.75, 3.05) is 17.5 Å². The van der Waals surface area contributed by atoms with Crippen molar-refractivity contribution in [2.24, 2.45) is 0 Å². The standard InChI is InChI=1S/C39H44ClN3O5S/c1-3-48-35-21-19-34(20-22-35)43(49(46,47)36-23-17-29(2)18-24-36)28-38(44)42(27-31-13-10-14-32(40)25-31)37(26-30-11-6-4-7-12-30)39(45)41-33-15-8-5-9-16-33/h4,6-7,10-14,17-25,33,37H,3,5,8-9,15-16,26-28H2,1-2H3,(H,41,45)/t37-/m1/s1. The van der Waals surface area contributed by atoms with E-state index >= 15 is 0 Å². The SMILES string of the molecule is CCOc1ccc(N(CC(=O)N(Cc2cccc(Cl)c2)[C@H](Cc2ccccc2)C(=O)NC2CCCCC2)S(=O)(=O)c2ccc(C)cc2)cc1. The van der Waals surface area contributed by atoms with Crippen molar-refractivity contribution in [3.05, 3.63) is 125 Å². The van der Waals surface area contributed by atoms with Gasteiger partial charge < -0.3 is 15.0 Å². The molecule has 0 saturated heterocycles. The van der Waals surface area contributed by atoms with Crippen molar-refractivity contribution in [3.63, 3.8) is 0 Å². The number of carbonyl (C=O) groups is 2. The minimum atomic E-state index is -4.21. The molecule has 4 aromatic rings. The summed E-state index contributed by atoms with van der Waals surface area (Å²) >= 11 is 6.37. The number of amides is 2. The largest absolute Gasteiger partial charge is 0.494 e. The van der Waals surface area contributed by atoms with Gasteiger partial charge in [0.15, 0.2) is 0 Å². The lowest BCUT2D eigenvalue weighted by molar-refractivity contribution is -0.140. The monoisotopic (exact) mass is 701 g/mol. The average molecular weight is 702 g/mol. The number of halogens is 1. The zero-order valence-corrected chi connectivity index (χ0v) is 29.6. The van der Waals surface area contributed by atoms with Gasteiger partial charge in [-0.05, 0) is 86.3 Å². The highest BCUT2D eigenvalue weighted by Crippen LogP contribution is 2.28. The van der Waals surface area contributed by atoms with Gasteiger partial charge in [-0.1, -0.05) is 91.0 Å². The van der Waals surface area contributed by atoms with Gasteiger partial charge in [0.25, 0.3) is 10.0 Å². The number of sulfonamides is 1. The summed E-state index contributed by atoms with van der Waals surface area (Å²) in [6.07, 6.45) is 5.22. The smallest absolute Gasteiger partial charge is 0.264 e. The minimum absolute atomic E-state index is 0.0184. The Hall–Kier alpha value is -4.34. The molecule has 0 aliphatic heterocycles. The fourth-order valence-corrected chi connectivity index (χ4v) is 7.80. The molecule has 10 heteroatoms.